The Labute approximate surface area is 190 Å². The fourth-order valence-corrected chi connectivity index (χ4v) is 5.46. The first-order chi connectivity index (χ1) is 15.6. The van der Waals surface area contributed by atoms with E-state index in [0.717, 1.165) is 17.8 Å². The highest BCUT2D eigenvalue weighted by Gasteiger charge is 2.41. The Hall–Kier alpha value is -3.51. The molecule has 3 heterocycles. The number of hydrogen-bond acceptors (Lipinski definition) is 5. The lowest BCUT2D eigenvalue weighted by Crippen LogP contribution is -2.37. The summed E-state index contributed by atoms with van der Waals surface area (Å²) in [4.78, 5) is 32.7. The standard InChI is InChI=1S/C26H23N3O2S/c1-16-23(26(31)29-18-8-3-2-4-9-18)25(19-10-5-6-12-27-19)24-20(28-16)14-17(15-21(24)30)22-11-7-13-32-22/h2-13,17,25,28H,14-15H2,1H3,(H,29,31). The molecule has 5 nitrogen and oxygen atoms in total. The van der Waals surface area contributed by atoms with Crippen LogP contribution in [0.5, 0.6) is 0 Å². The van der Waals surface area contributed by atoms with Crippen molar-refractivity contribution in [3.05, 3.63) is 105 Å². The van der Waals surface area contributed by atoms with Crippen LogP contribution in [0.15, 0.2) is 94.8 Å². The maximum absolute atomic E-state index is 13.5. The number of benzene rings is 1. The van der Waals surface area contributed by atoms with Crippen LogP contribution in [-0.4, -0.2) is 16.7 Å². The highest BCUT2D eigenvalue weighted by Crippen LogP contribution is 2.45. The normalized spacial score (nSPS) is 20.6. The Morgan fingerprint density at radius 1 is 1.06 bits per heavy atom. The fraction of sp³-hybridized carbons (Fsp3) is 0.192. The second-order valence-electron chi connectivity index (χ2n) is 8.11. The quantitative estimate of drug-likeness (QED) is 0.588. The number of pyridine rings is 1. The van der Waals surface area contributed by atoms with E-state index in [9.17, 15) is 9.59 Å². The van der Waals surface area contributed by atoms with Crippen LogP contribution in [0.3, 0.4) is 0 Å². The lowest BCUT2D eigenvalue weighted by atomic mass is 9.73. The molecule has 2 aromatic heterocycles. The summed E-state index contributed by atoms with van der Waals surface area (Å²) >= 11 is 1.68. The molecule has 3 aromatic rings. The highest BCUT2D eigenvalue weighted by atomic mass is 32.1. The molecule has 0 radical (unpaired) electrons. The topological polar surface area (TPSA) is 71.1 Å². The van der Waals surface area contributed by atoms with Crippen LogP contribution in [-0.2, 0) is 9.59 Å². The minimum absolute atomic E-state index is 0.0744. The minimum atomic E-state index is -0.493. The van der Waals surface area contributed by atoms with E-state index in [2.05, 4.69) is 21.7 Å². The van der Waals surface area contributed by atoms with Crippen LogP contribution >= 0.6 is 11.3 Å². The number of nitrogens with one attached hydrogen (secondary N) is 2. The molecule has 2 aliphatic rings. The molecule has 2 unspecified atom stereocenters. The molecule has 160 valence electrons. The van der Waals surface area contributed by atoms with Crippen LogP contribution in [0.25, 0.3) is 0 Å². The van der Waals surface area contributed by atoms with Crippen LogP contribution in [0, 0.1) is 0 Å². The third-order valence-corrected chi connectivity index (χ3v) is 7.07. The summed E-state index contributed by atoms with van der Waals surface area (Å²) in [6, 6.07) is 19.1. The van der Waals surface area contributed by atoms with Gasteiger partial charge in [-0.25, -0.2) is 0 Å². The number of thiophene rings is 1. The summed E-state index contributed by atoms with van der Waals surface area (Å²) in [6.45, 7) is 1.90. The Kier molecular flexibility index (Phi) is 5.45. The SMILES string of the molecule is CC1=C(C(=O)Nc2ccccc2)C(c2ccccn2)C2=C(CC(c3cccs3)CC2=O)N1. The van der Waals surface area contributed by atoms with E-state index in [4.69, 9.17) is 0 Å². The van der Waals surface area contributed by atoms with Gasteiger partial charge in [0, 0.05) is 51.6 Å². The van der Waals surface area contributed by atoms with Crippen molar-refractivity contribution in [2.45, 2.75) is 31.6 Å². The van der Waals surface area contributed by atoms with Gasteiger partial charge in [0.1, 0.15) is 0 Å². The van der Waals surface area contributed by atoms with E-state index in [1.54, 1.807) is 17.5 Å². The van der Waals surface area contributed by atoms with E-state index in [0.29, 0.717) is 28.9 Å². The summed E-state index contributed by atoms with van der Waals surface area (Å²) in [5.74, 6) is -0.486. The van der Waals surface area contributed by atoms with Gasteiger partial charge in [0.05, 0.1) is 11.6 Å². The van der Waals surface area contributed by atoms with Gasteiger partial charge in [-0.2, -0.15) is 0 Å². The van der Waals surface area contributed by atoms with E-state index < -0.39 is 5.92 Å². The number of para-hydroxylation sites is 1. The molecule has 1 aliphatic heterocycles. The molecule has 1 amide bonds. The van der Waals surface area contributed by atoms with Crippen LogP contribution in [0.4, 0.5) is 5.69 Å². The molecule has 2 N–H and O–H groups in total. The number of Topliss-reactive ketones (excluding diaryl/α,β-unsaturated/α-hetero) is 1. The average molecular weight is 442 g/mol. The lowest BCUT2D eigenvalue weighted by Gasteiger charge is -2.36. The van der Waals surface area contributed by atoms with Crippen molar-refractivity contribution in [3.63, 3.8) is 0 Å². The Morgan fingerprint density at radius 3 is 2.59 bits per heavy atom. The van der Waals surface area contributed by atoms with Crippen molar-refractivity contribution >= 4 is 28.7 Å². The van der Waals surface area contributed by atoms with Gasteiger partial charge in [0.2, 0.25) is 0 Å². The molecule has 6 heteroatoms. The molecule has 2 atom stereocenters. The van der Waals surface area contributed by atoms with Gasteiger partial charge in [0.15, 0.2) is 5.78 Å². The van der Waals surface area contributed by atoms with E-state index in [-0.39, 0.29) is 17.6 Å². The minimum Gasteiger partial charge on any atom is -0.362 e. The second-order valence-corrected chi connectivity index (χ2v) is 9.09. The molecule has 0 spiro atoms. The molecular formula is C26H23N3O2S. The van der Waals surface area contributed by atoms with E-state index in [1.807, 2.05) is 66.9 Å². The largest absolute Gasteiger partial charge is 0.362 e. The highest BCUT2D eigenvalue weighted by molar-refractivity contribution is 7.10. The predicted octanol–water partition coefficient (Wildman–Crippen LogP) is 5.14. The first-order valence-corrected chi connectivity index (χ1v) is 11.5. The molecule has 1 aromatic carbocycles. The van der Waals surface area contributed by atoms with Crippen LogP contribution in [0.1, 0.15) is 42.2 Å². The summed E-state index contributed by atoms with van der Waals surface area (Å²) in [5.41, 5.74) is 4.29. The molecule has 5 rings (SSSR count). The number of dihydropyridines is 1. The number of hydrogen-bond donors (Lipinski definition) is 2. The zero-order valence-electron chi connectivity index (χ0n) is 17.7. The number of ketones is 1. The summed E-state index contributed by atoms with van der Waals surface area (Å²) in [6.07, 6.45) is 2.90. The third kappa shape index (κ3) is 3.78. The lowest BCUT2D eigenvalue weighted by molar-refractivity contribution is -0.116. The van der Waals surface area contributed by atoms with Gasteiger partial charge in [-0.05, 0) is 49.1 Å². The van der Waals surface area contributed by atoms with Crippen molar-refractivity contribution in [2.24, 2.45) is 0 Å². The monoisotopic (exact) mass is 441 g/mol. The number of anilines is 1. The average Bonchev–Trinajstić information content (AvgIpc) is 3.34. The van der Waals surface area contributed by atoms with Crippen LogP contribution in [0.2, 0.25) is 0 Å². The molecule has 0 bridgehead atoms. The summed E-state index contributed by atoms with van der Waals surface area (Å²) < 4.78 is 0. The summed E-state index contributed by atoms with van der Waals surface area (Å²) in [7, 11) is 0. The van der Waals surface area contributed by atoms with Crippen LogP contribution < -0.4 is 10.6 Å². The maximum atomic E-state index is 13.5. The molecule has 0 saturated heterocycles. The van der Waals surface area contributed by atoms with Gasteiger partial charge < -0.3 is 10.6 Å². The van der Waals surface area contributed by atoms with Crippen molar-refractivity contribution in [1.29, 1.82) is 0 Å². The Morgan fingerprint density at radius 2 is 1.88 bits per heavy atom. The Bertz CT molecular complexity index is 1210. The number of allylic oxidation sites excluding steroid dienone is 3. The molecule has 0 saturated carbocycles. The molecule has 1 aliphatic carbocycles. The van der Waals surface area contributed by atoms with Gasteiger partial charge in [0.25, 0.3) is 5.91 Å². The molecular weight excluding hydrogens is 418 g/mol. The van der Waals surface area contributed by atoms with Gasteiger partial charge in [-0.15, -0.1) is 11.3 Å². The number of aromatic nitrogens is 1. The van der Waals surface area contributed by atoms with Gasteiger partial charge in [-0.1, -0.05) is 30.3 Å². The second kappa shape index (κ2) is 8.55. The zero-order chi connectivity index (χ0) is 22.1. The first-order valence-electron chi connectivity index (χ1n) is 10.7. The van der Waals surface area contributed by atoms with Gasteiger partial charge in [-0.3, -0.25) is 14.6 Å². The van der Waals surface area contributed by atoms with Crippen molar-refractivity contribution in [1.82, 2.24) is 10.3 Å². The number of amides is 1. The van der Waals surface area contributed by atoms with E-state index >= 15 is 0 Å². The summed E-state index contributed by atoms with van der Waals surface area (Å²) in [5, 5.41) is 8.45. The predicted molar refractivity (Wildman–Crippen MR) is 126 cm³/mol. The number of carbonyl (C=O) groups is 2. The van der Waals surface area contributed by atoms with E-state index in [1.165, 1.54) is 4.88 Å². The molecule has 32 heavy (non-hydrogen) atoms. The maximum Gasteiger partial charge on any atom is 0.254 e. The van der Waals surface area contributed by atoms with Crippen molar-refractivity contribution < 1.29 is 9.59 Å². The van der Waals surface area contributed by atoms with Crippen molar-refractivity contribution in [2.75, 3.05) is 5.32 Å². The molecule has 0 fully saturated rings. The number of nitrogens with zero attached hydrogens (tertiary/aromatic N) is 1. The Balaban J connectivity index is 1.56. The van der Waals surface area contributed by atoms with Crippen molar-refractivity contribution in [3.8, 4) is 0 Å². The smallest absolute Gasteiger partial charge is 0.254 e. The fourth-order valence-electron chi connectivity index (χ4n) is 4.63. The van der Waals surface area contributed by atoms with Gasteiger partial charge >= 0.3 is 0 Å². The first kappa shape index (κ1) is 20.4. The number of rotatable bonds is 4. The number of carbonyl (C=O) groups excluding carboxylic acids is 2. The zero-order valence-corrected chi connectivity index (χ0v) is 18.5. The third-order valence-electron chi connectivity index (χ3n) is 6.03.